The third kappa shape index (κ3) is 9.55. The van der Waals surface area contributed by atoms with E-state index in [1.165, 1.54) is 76.4 Å². The van der Waals surface area contributed by atoms with E-state index in [1.807, 2.05) is 0 Å². The Morgan fingerprint density at radius 1 is 1.09 bits per heavy atom. The molecule has 22 heavy (non-hydrogen) atoms. The minimum absolute atomic E-state index is 0.442. The van der Waals surface area contributed by atoms with E-state index in [4.69, 9.17) is 0 Å². The molecule has 128 valence electrons. The summed E-state index contributed by atoms with van der Waals surface area (Å²) in [6, 6.07) is 0. The van der Waals surface area contributed by atoms with Gasteiger partial charge in [0.15, 0.2) is 0 Å². The third-order valence-corrected chi connectivity index (χ3v) is 4.95. The number of esters is 1. The van der Waals surface area contributed by atoms with Crippen molar-refractivity contribution in [2.24, 2.45) is 0 Å². The quantitative estimate of drug-likeness (QED) is 0.288. The summed E-state index contributed by atoms with van der Waals surface area (Å²) in [5.74, 6) is -0.442. The Balaban J connectivity index is 1.79. The van der Waals surface area contributed by atoms with Gasteiger partial charge >= 0.3 is 5.97 Å². The maximum atomic E-state index is 10.9. The molecular formula is C17H32NO3P. The van der Waals surface area contributed by atoms with E-state index in [-0.39, 0.29) is 0 Å². The summed E-state index contributed by atoms with van der Waals surface area (Å²) in [5, 5.41) is 12.7. The first kappa shape index (κ1) is 19.6. The molecule has 0 aromatic heterocycles. The van der Waals surface area contributed by atoms with Gasteiger partial charge in [0.05, 0.1) is 0 Å². The maximum absolute atomic E-state index is 10.9. The highest BCUT2D eigenvalue weighted by Gasteiger charge is 2.22. The molecule has 0 spiro atoms. The van der Waals surface area contributed by atoms with Crippen LogP contribution in [-0.4, -0.2) is 30.1 Å². The largest absolute Gasteiger partial charge is 0.429 e. The van der Waals surface area contributed by atoms with Crippen LogP contribution in [0.15, 0.2) is 11.6 Å². The lowest BCUT2D eigenvalue weighted by atomic mass is 10.1. The molecule has 5 heteroatoms. The maximum Gasteiger partial charge on any atom is 0.333 e. The molecule has 1 heterocycles. The number of unbranched alkanes of at least 4 members (excludes halogenated alkanes) is 9. The van der Waals surface area contributed by atoms with Crippen molar-refractivity contribution in [1.29, 1.82) is 0 Å². The second kappa shape index (κ2) is 13.0. The fourth-order valence-corrected chi connectivity index (χ4v) is 3.47. The van der Waals surface area contributed by atoms with E-state index in [0.29, 0.717) is 20.8 Å². The van der Waals surface area contributed by atoms with Crippen LogP contribution in [0, 0.1) is 0 Å². The predicted molar refractivity (Wildman–Crippen MR) is 93.2 cm³/mol. The van der Waals surface area contributed by atoms with Crippen molar-refractivity contribution in [3.05, 3.63) is 11.6 Å². The predicted octanol–water partition coefficient (Wildman–Crippen LogP) is 3.89. The molecule has 1 rings (SSSR count). The van der Waals surface area contributed by atoms with Crippen molar-refractivity contribution < 1.29 is 14.6 Å². The summed E-state index contributed by atoms with van der Waals surface area (Å²) in [5.41, 5.74) is 0.639. The van der Waals surface area contributed by atoms with E-state index in [1.54, 1.807) is 0 Å². The first-order valence-corrected chi connectivity index (χ1v) is 9.99. The van der Waals surface area contributed by atoms with Gasteiger partial charge in [0.25, 0.3) is 0 Å². The molecule has 0 radical (unpaired) electrons. The molecule has 2 unspecified atom stereocenters. The first-order chi connectivity index (χ1) is 10.7. The normalized spacial score (nSPS) is 18.2. The number of carbonyl (C=O) groups excluding carboxylic acids is 1. The summed E-state index contributed by atoms with van der Waals surface area (Å²) in [7, 11) is 0.684. The Labute approximate surface area is 136 Å². The van der Waals surface area contributed by atoms with Crippen LogP contribution in [0.25, 0.3) is 0 Å². The van der Waals surface area contributed by atoms with Gasteiger partial charge in [0.2, 0.25) is 6.29 Å². The molecule has 1 aliphatic heterocycles. The minimum atomic E-state index is -1.04. The van der Waals surface area contributed by atoms with Gasteiger partial charge in [-0.15, -0.1) is 0 Å². The van der Waals surface area contributed by atoms with Gasteiger partial charge in [-0.2, -0.15) is 0 Å². The van der Waals surface area contributed by atoms with Gasteiger partial charge in [-0.3, -0.25) is 5.09 Å². The molecule has 1 aliphatic rings. The number of ether oxygens (including phenoxy) is 1. The number of rotatable bonds is 14. The summed E-state index contributed by atoms with van der Waals surface area (Å²) >= 11 is 0. The number of hydrogen-bond acceptors (Lipinski definition) is 4. The standard InChI is InChI=1S/C17H32NO3P/c1-2-3-4-5-6-7-8-9-10-11-12-22-18-14-15-13-16(19)21-17(15)20/h13,17-18,20,22H,2-12,14H2,1H3. The van der Waals surface area contributed by atoms with Crippen LogP contribution in [0.5, 0.6) is 0 Å². The van der Waals surface area contributed by atoms with Crippen molar-refractivity contribution >= 4 is 14.7 Å². The zero-order valence-corrected chi connectivity index (χ0v) is 14.9. The lowest BCUT2D eigenvalue weighted by Gasteiger charge is -2.08. The molecule has 2 atom stereocenters. The summed E-state index contributed by atoms with van der Waals surface area (Å²) in [6.45, 7) is 2.80. The highest BCUT2D eigenvalue weighted by Crippen LogP contribution is 2.16. The zero-order chi connectivity index (χ0) is 16.0. The number of aliphatic hydroxyl groups excluding tert-OH is 1. The van der Waals surface area contributed by atoms with Crippen molar-refractivity contribution in [3.63, 3.8) is 0 Å². The van der Waals surface area contributed by atoms with Crippen molar-refractivity contribution in [1.82, 2.24) is 5.09 Å². The Hall–Kier alpha value is -0.440. The molecule has 2 N–H and O–H groups in total. The second-order valence-corrected chi connectivity index (χ2v) is 7.18. The number of cyclic esters (lactones) is 1. The summed E-state index contributed by atoms with van der Waals surface area (Å²) < 4.78 is 4.62. The molecule has 0 saturated heterocycles. The van der Waals surface area contributed by atoms with Gasteiger partial charge < -0.3 is 9.84 Å². The van der Waals surface area contributed by atoms with E-state index in [2.05, 4.69) is 16.7 Å². The van der Waals surface area contributed by atoms with Gasteiger partial charge in [-0.25, -0.2) is 4.79 Å². The average molecular weight is 329 g/mol. The van der Waals surface area contributed by atoms with Crippen molar-refractivity contribution in [3.8, 4) is 0 Å². The minimum Gasteiger partial charge on any atom is -0.429 e. The third-order valence-electron chi connectivity index (χ3n) is 3.92. The van der Waals surface area contributed by atoms with Crippen LogP contribution in [-0.2, 0) is 9.53 Å². The molecule has 0 aromatic rings. The van der Waals surface area contributed by atoms with Crippen LogP contribution in [0.3, 0.4) is 0 Å². The summed E-state index contributed by atoms with van der Waals surface area (Å²) in [4.78, 5) is 10.9. The number of nitrogens with one attached hydrogen (secondary N) is 1. The fraction of sp³-hybridized carbons (Fsp3) is 0.824. The van der Waals surface area contributed by atoms with E-state index >= 15 is 0 Å². The Bertz CT molecular complexity index is 334. The highest BCUT2D eigenvalue weighted by atomic mass is 31.1. The molecule has 0 fully saturated rings. The van der Waals surface area contributed by atoms with Crippen molar-refractivity contribution in [2.45, 2.75) is 77.4 Å². The van der Waals surface area contributed by atoms with E-state index < -0.39 is 12.3 Å². The first-order valence-electron chi connectivity index (χ1n) is 8.79. The van der Waals surface area contributed by atoms with E-state index in [0.717, 1.165) is 0 Å². The lowest BCUT2D eigenvalue weighted by Crippen LogP contribution is -2.17. The number of carbonyl (C=O) groups is 1. The van der Waals surface area contributed by atoms with Crippen LogP contribution >= 0.6 is 8.73 Å². The molecule has 0 aromatic carbocycles. The lowest BCUT2D eigenvalue weighted by molar-refractivity contribution is -0.151. The molecule has 0 saturated carbocycles. The fourth-order valence-electron chi connectivity index (χ4n) is 2.53. The topological polar surface area (TPSA) is 58.6 Å². The highest BCUT2D eigenvalue weighted by molar-refractivity contribution is 7.35. The molecule has 0 amide bonds. The molecule has 0 bridgehead atoms. The smallest absolute Gasteiger partial charge is 0.333 e. The van der Waals surface area contributed by atoms with Crippen LogP contribution in [0.4, 0.5) is 0 Å². The summed E-state index contributed by atoms with van der Waals surface area (Å²) in [6.07, 6.45) is 15.2. The zero-order valence-electron chi connectivity index (χ0n) is 13.9. The van der Waals surface area contributed by atoms with Crippen LogP contribution in [0.2, 0.25) is 0 Å². The molecular weight excluding hydrogens is 297 g/mol. The van der Waals surface area contributed by atoms with Gasteiger partial charge in [0, 0.05) is 18.2 Å². The average Bonchev–Trinajstić information content (AvgIpc) is 2.82. The Morgan fingerprint density at radius 2 is 1.68 bits per heavy atom. The number of aliphatic hydroxyl groups is 1. The Morgan fingerprint density at radius 3 is 2.23 bits per heavy atom. The van der Waals surface area contributed by atoms with Gasteiger partial charge in [-0.1, -0.05) is 73.4 Å². The second-order valence-electron chi connectivity index (χ2n) is 5.97. The molecule has 0 aliphatic carbocycles. The Kier molecular flexibility index (Phi) is 11.6. The number of hydrogen-bond donors (Lipinski definition) is 2. The van der Waals surface area contributed by atoms with Crippen LogP contribution in [0.1, 0.15) is 71.1 Å². The van der Waals surface area contributed by atoms with Crippen molar-refractivity contribution in [2.75, 3.05) is 12.7 Å². The van der Waals surface area contributed by atoms with E-state index in [9.17, 15) is 9.90 Å². The van der Waals surface area contributed by atoms with Gasteiger partial charge in [0.1, 0.15) is 0 Å². The monoisotopic (exact) mass is 329 g/mol. The molecule has 4 nitrogen and oxygen atoms in total. The SMILES string of the molecule is CCCCCCCCCCCCPNCC1=CC(=O)OC1O. The van der Waals surface area contributed by atoms with Crippen LogP contribution < -0.4 is 5.09 Å². The van der Waals surface area contributed by atoms with Gasteiger partial charge in [-0.05, 0) is 12.6 Å².